The summed E-state index contributed by atoms with van der Waals surface area (Å²) < 4.78 is 16.9. The van der Waals surface area contributed by atoms with Crippen molar-refractivity contribution >= 4 is 5.91 Å². The molecular weight excluding hydrogens is 330 g/mol. The zero-order valence-corrected chi connectivity index (χ0v) is 15.7. The van der Waals surface area contributed by atoms with Gasteiger partial charge in [-0.1, -0.05) is 6.07 Å². The number of carbonyl (C=O) groups is 1. The van der Waals surface area contributed by atoms with Crippen LogP contribution in [0.25, 0.3) is 0 Å². The summed E-state index contributed by atoms with van der Waals surface area (Å²) in [6.07, 6.45) is 6.45. The topological polar surface area (TPSA) is 56.8 Å². The van der Waals surface area contributed by atoms with Gasteiger partial charge in [-0.2, -0.15) is 0 Å². The van der Waals surface area contributed by atoms with E-state index in [0.717, 1.165) is 17.6 Å². The third-order valence-electron chi connectivity index (χ3n) is 6.87. The largest absolute Gasteiger partial charge is 0.497 e. The molecule has 0 saturated heterocycles. The quantitative estimate of drug-likeness (QED) is 0.813. The van der Waals surface area contributed by atoms with Gasteiger partial charge in [0.05, 0.1) is 12.7 Å². The van der Waals surface area contributed by atoms with Crippen molar-refractivity contribution in [2.75, 3.05) is 27.4 Å². The number of nitrogens with one attached hydrogen (secondary N) is 1. The van der Waals surface area contributed by atoms with Crippen LogP contribution in [0.5, 0.6) is 11.5 Å². The highest BCUT2D eigenvalue weighted by atomic mass is 16.5. The Morgan fingerprint density at radius 3 is 2.35 bits per heavy atom. The number of ether oxygens (including phenoxy) is 3. The summed E-state index contributed by atoms with van der Waals surface area (Å²) >= 11 is 0. The third-order valence-corrected chi connectivity index (χ3v) is 6.87. The van der Waals surface area contributed by atoms with Gasteiger partial charge in [-0.05, 0) is 67.9 Å². The molecule has 0 aromatic heterocycles. The minimum Gasteiger partial charge on any atom is -0.497 e. The summed E-state index contributed by atoms with van der Waals surface area (Å²) in [4.78, 5) is 12.3. The van der Waals surface area contributed by atoms with Crippen LogP contribution in [0.1, 0.15) is 32.1 Å². The average Bonchev–Trinajstić information content (AvgIpc) is 2.66. The van der Waals surface area contributed by atoms with E-state index in [1.807, 2.05) is 25.3 Å². The average molecular weight is 359 g/mol. The normalized spacial score (nSPS) is 34.5. The van der Waals surface area contributed by atoms with E-state index in [2.05, 4.69) is 5.32 Å². The van der Waals surface area contributed by atoms with Crippen LogP contribution in [0.2, 0.25) is 0 Å². The van der Waals surface area contributed by atoms with Crippen molar-refractivity contribution in [2.45, 2.75) is 37.7 Å². The molecule has 5 rings (SSSR count). The van der Waals surface area contributed by atoms with Gasteiger partial charge in [-0.15, -0.1) is 0 Å². The fourth-order valence-electron chi connectivity index (χ4n) is 5.80. The number of methoxy groups -OCH3 is 2. The monoisotopic (exact) mass is 359 g/mol. The van der Waals surface area contributed by atoms with Gasteiger partial charge in [0.2, 0.25) is 0 Å². The predicted molar refractivity (Wildman–Crippen MR) is 98.3 cm³/mol. The molecule has 4 fully saturated rings. The summed E-state index contributed by atoms with van der Waals surface area (Å²) in [7, 11) is 3.43. The van der Waals surface area contributed by atoms with E-state index in [9.17, 15) is 4.79 Å². The van der Waals surface area contributed by atoms with Crippen molar-refractivity contribution in [3.05, 3.63) is 24.3 Å². The maximum absolute atomic E-state index is 12.3. The molecule has 0 heterocycles. The van der Waals surface area contributed by atoms with Gasteiger partial charge in [-0.3, -0.25) is 4.79 Å². The molecule has 4 bridgehead atoms. The third kappa shape index (κ3) is 3.18. The van der Waals surface area contributed by atoms with Crippen molar-refractivity contribution in [3.8, 4) is 11.5 Å². The maximum Gasteiger partial charge on any atom is 0.258 e. The Balaban J connectivity index is 1.33. The predicted octanol–water partition coefficient (Wildman–Crippen LogP) is 3.03. The lowest BCUT2D eigenvalue weighted by atomic mass is 9.49. The van der Waals surface area contributed by atoms with E-state index in [0.29, 0.717) is 24.1 Å². The Bertz CT molecular complexity index is 631. The lowest BCUT2D eigenvalue weighted by Gasteiger charge is -2.60. The molecule has 0 radical (unpaired) electrons. The molecular formula is C21H29NO4. The van der Waals surface area contributed by atoms with Crippen molar-refractivity contribution in [2.24, 2.45) is 23.7 Å². The van der Waals surface area contributed by atoms with Crippen molar-refractivity contribution in [1.82, 2.24) is 5.32 Å². The van der Waals surface area contributed by atoms with E-state index in [1.54, 1.807) is 13.2 Å². The standard InChI is InChI=1S/C21H29NO4/c1-24-18-4-3-5-19(11-18)26-12-20(23)22-13-21(25-2)16-7-14-6-15(9-16)10-17(21)8-14/h3-5,11,14-17H,6-10,12-13H2,1-2H3,(H,22,23). The van der Waals surface area contributed by atoms with Crippen LogP contribution in [0.4, 0.5) is 0 Å². The molecule has 4 aliphatic carbocycles. The summed E-state index contributed by atoms with van der Waals surface area (Å²) in [6, 6.07) is 7.30. The fraction of sp³-hybridized carbons (Fsp3) is 0.667. The molecule has 5 heteroatoms. The van der Waals surface area contributed by atoms with Gasteiger partial charge in [-0.25, -0.2) is 0 Å². The number of hydrogen-bond acceptors (Lipinski definition) is 4. The van der Waals surface area contributed by atoms with Gasteiger partial charge in [0, 0.05) is 19.7 Å². The molecule has 1 aromatic rings. The lowest BCUT2D eigenvalue weighted by molar-refractivity contribution is -0.188. The first-order chi connectivity index (χ1) is 12.6. The summed E-state index contributed by atoms with van der Waals surface area (Å²) in [5.74, 6) is 4.19. The second kappa shape index (κ2) is 7.10. The van der Waals surface area contributed by atoms with Gasteiger partial charge in [0.15, 0.2) is 6.61 Å². The van der Waals surface area contributed by atoms with Gasteiger partial charge in [0.1, 0.15) is 11.5 Å². The number of benzene rings is 1. The number of hydrogen-bond donors (Lipinski definition) is 1. The Labute approximate surface area is 155 Å². The second-order valence-electron chi connectivity index (χ2n) is 8.21. The molecule has 4 aliphatic rings. The first-order valence-electron chi connectivity index (χ1n) is 9.71. The number of carbonyl (C=O) groups excluding carboxylic acids is 1. The number of rotatable bonds is 7. The first-order valence-corrected chi connectivity index (χ1v) is 9.71. The Morgan fingerprint density at radius 2 is 1.73 bits per heavy atom. The highest BCUT2D eigenvalue weighted by Gasteiger charge is 2.57. The van der Waals surface area contributed by atoms with Crippen LogP contribution in [0, 0.1) is 23.7 Å². The van der Waals surface area contributed by atoms with E-state index in [4.69, 9.17) is 14.2 Å². The van der Waals surface area contributed by atoms with Crippen molar-refractivity contribution < 1.29 is 19.0 Å². The molecule has 5 nitrogen and oxygen atoms in total. The van der Waals surface area contributed by atoms with E-state index in [1.165, 1.54) is 32.1 Å². The van der Waals surface area contributed by atoms with E-state index in [-0.39, 0.29) is 18.1 Å². The van der Waals surface area contributed by atoms with Crippen LogP contribution in [0.3, 0.4) is 0 Å². The molecule has 0 spiro atoms. The van der Waals surface area contributed by atoms with Crippen LogP contribution < -0.4 is 14.8 Å². The second-order valence-corrected chi connectivity index (χ2v) is 8.21. The molecule has 142 valence electrons. The minimum absolute atomic E-state index is 0.00749. The maximum atomic E-state index is 12.3. The molecule has 0 aliphatic heterocycles. The Morgan fingerprint density at radius 1 is 1.08 bits per heavy atom. The number of amides is 1. The molecule has 0 atom stereocenters. The van der Waals surface area contributed by atoms with Gasteiger partial charge in [0.25, 0.3) is 5.91 Å². The Kier molecular flexibility index (Phi) is 4.82. The van der Waals surface area contributed by atoms with Crippen molar-refractivity contribution in [3.63, 3.8) is 0 Å². The highest BCUT2D eigenvalue weighted by molar-refractivity contribution is 5.77. The van der Waals surface area contributed by atoms with Crippen molar-refractivity contribution in [1.29, 1.82) is 0 Å². The highest BCUT2D eigenvalue weighted by Crippen LogP contribution is 2.59. The first kappa shape index (κ1) is 17.7. The van der Waals surface area contributed by atoms with Crippen LogP contribution in [0.15, 0.2) is 24.3 Å². The summed E-state index contributed by atoms with van der Waals surface area (Å²) in [5, 5.41) is 3.08. The SMILES string of the molecule is COc1cccc(OCC(=O)NCC2(OC)C3CC4CC(C3)CC2C4)c1. The van der Waals surface area contributed by atoms with E-state index < -0.39 is 0 Å². The molecule has 4 saturated carbocycles. The van der Waals surface area contributed by atoms with Crippen LogP contribution in [-0.2, 0) is 9.53 Å². The van der Waals surface area contributed by atoms with Crippen LogP contribution in [-0.4, -0.2) is 38.9 Å². The molecule has 0 unspecified atom stereocenters. The minimum atomic E-state index is -0.182. The molecule has 1 aromatic carbocycles. The van der Waals surface area contributed by atoms with Crippen LogP contribution >= 0.6 is 0 Å². The zero-order chi connectivity index (χ0) is 18.1. The lowest BCUT2D eigenvalue weighted by Crippen LogP contribution is -2.63. The molecule has 1 amide bonds. The molecule has 1 N–H and O–H groups in total. The summed E-state index contributed by atoms with van der Waals surface area (Å²) in [6.45, 7) is 0.603. The zero-order valence-electron chi connectivity index (χ0n) is 15.7. The van der Waals surface area contributed by atoms with E-state index >= 15 is 0 Å². The molecule has 26 heavy (non-hydrogen) atoms. The Hall–Kier alpha value is -1.75. The smallest absolute Gasteiger partial charge is 0.258 e. The van der Waals surface area contributed by atoms with Gasteiger partial charge >= 0.3 is 0 Å². The fourth-order valence-corrected chi connectivity index (χ4v) is 5.80. The van der Waals surface area contributed by atoms with Gasteiger partial charge < -0.3 is 19.5 Å². The summed E-state index contributed by atoms with van der Waals surface area (Å²) in [5.41, 5.74) is -0.182.